The molecule has 4 aromatic carbocycles. The lowest BCUT2D eigenvalue weighted by atomic mass is 9.93. The molecule has 0 spiro atoms. The highest BCUT2D eigenvalue weighted by Crippen LogP contribution is 2.24. The Labute approximate surface area is 157 Å². The van der Waals surface area contributed by atoms with Crippen molar-refractivity contribution in [3.8, 4) is 0 Å². The summed E-state index contributed by atoms with van der Waals surface area (Å²) in [4.78, 5) is 0. The number of rotatable bonds is 4. The van der Waals surface area contributed by atoms with E-state index in [1.807, 2.05) is 0 Å². The molecule has 0 aliphatic heterocycles. The summed E-state index contributed by atoms with van der Waals surface area (Å²) >= 11 is 0. The van der Waals surface area contributed by atoms with Crippen LogP contribution < -0.4 is 0 Å². The summed E-state index contributed by atoms with van der Waals surface area (Å²) in [5, 5.41) is 5.45. The molecule has 0 aliphatic rings. The van der Waals surface area contributed by atoms with Gasteiger partial charge in [0.1, 0.15) is 0 Å². The van der Waals surface area contributed by atoms with Crippen LogP contribution in [0, 0.1) is 0 Å². The van der Waals surface area contributed by atoms with E-state index in [1.54, 1.807) is 11.1 Å². The van der Waals surface area contributed by atoms with Crippen LogP contribution in [0.4, 0.5) is 0 Å². The van der Waals surface area contributed by atoms with Gasteiger partial charge in [0.15, 0.2) is 0 Å². The minimum atomic E-state index is 1.21. The van der Waals surface area contributed by atoms with E-state index < -0.39 is 0 Å². The molecule has 0 nitrogen and oxygen atoms in total. The minimum absolute atomic E-state index is 1.21. The predicted molar refractivity (Wildman–Crippen MR) is 116 cm³/mol. The second-order valence-corrected chi connectivity index (χ2v) is 6.77. The van der Waals surface area contributed by atoms with Gasteiger partial charge >= 0.3 is 0 Å². The summed E-state index contributed by atoms with van der Waals surface area (Å²) < 4.78 is 0. The summed E-state index contributed by atoms with van der Waals surface area (Å²) in [7, 11) is 0. The zero-order valence-corrected chi connectivity index (χ0v) is 15.9. The molecule has 4 aromatic rings. The lowest BCUT2D eigenvalue weighted by molar-refractivity contribution is 0.868. The molecular weight excluding hydrogens is 312 g/mol. The Morgan fingerprint density at radius 1 is 0.500 bits per heavy atom. The van der Waals surface area contributed by atoms with Gasteiger partial charge in [0, 0.05) is 0 Å². The predicted octanol–water partition coefficient (Wildman–Crippen LogP) is 7.58. The van der Waals surface area contributed by atoms with Crippen LogP contribution in [0.25, 0.3) is 21.5 Å². The van der Waals surface area contributed by atoms with Gasteiger partial charge in [-0.1, -0.05) is 112 Å². The molecule has 0 unspecified atom stereocenters. The molecule has 0 aliphatic carbocycles. The second kappa shape index (κ2) is 9.20. The van der Waals surface area contributed by atoms with Crippen molar-refractivity contribution in [3.05, 3.63) is 96.1 Å². The Kier molecular flexibility index (Phi) is 6.44. The highest BCUT2D eigenvalue weighted by molar-refractivity contribution is 5.86. The first-order valence-electron chi connectivity index (χ1n) is 9.76. The first-order valence-corrected chi connectivity index (χ1v) is 9.76. The maximum atomic E-state index is 2.32. The fourth-order valence-corrected chi connectivity index (χ4v) is 3.56. The zero-order chi connectivity index (χ0) is 18.2. The van der Waals surface area contributed by atoms with Gasteiger partial charge in [0.25, 0.3) is 0 Å². The topological polar surface area (TPSA) is 0 Å². The minimum Gasteiger partial charge on any atom is -0.0651 e. The SMILES string of the molecule is CCCc1ccc2ccccc2c1CCC.c1ccc2ccccc2c1. The van der Waals surface area contributed by atoms with Crippen molar-refractivity contribution in [2.75, 3.05) is 0 Å². The molecule has 4 rings (SSSR count). The molecule has 0 saturated carbocycles. The van der Waals surface area contributed by atoms with Crippen LogP contribution in [-0.4, -0.2) is 0 Å². The van der Waals surface area contributed by atoms with Crippen molar-refractivity contribution in [1.29, 1.82) is 0 Å². The van der Waals surface area contributed by atoms with Crippen LogP contribution in [0.5, 0.6) is 0 Å². The van der Waals surface area contributed by atoms with Crippen molar-refractivity contribution in [2.45, 2.75) is 39.5 Å². The molecule has 0 atom stereocenters. The van der Waals surface area contributed by atoms with Crippen LogP contribution in [0.2, 0.25) is 0 Å². The summed E-state index contributed by atoms with van der Waals surface area (Å²) in [6.45, 7) is 4.52. The molecule has 26 heavy (non-hydrogen) atoms. The van der Waals surface area contributed by atoms with Crippen molar-refractivity contribution in [2.24, 2.45) is 0 Å². The normalized spacial score (nSPS) is 10.5. The smallest absolute Gasteiger partial charge is 0.0149 e. The molecular formula is C26H28. The fraction of sp³-hybridized carbons (Fsp3) is 0.231. The molecule has 0 radical (unpaired) electrons. The van der Waals surface area contributed by atoms with Crippen molar-refractivity contribution in [1.82, 2.24) is 0 Å². The lowest BCUT2D eigenvalue weighted by Gasteiger charge is -2.11. The third-order valence-corrected chi connectivity index (χ3v) is 4.82. The van der Waals surface area contributed by atoms with Gasteiger partial charge < -0.3 is 0 Å². The van der Waals surface area contributed by atoms with Crippen molar-refractivity contribution < 1.29 is 0 Å². The maximum absolute atomic E-state index is 2.32. The van der Waals surface area contributed by atoms with E-state index in [0.717, 1.165) is 0 Å². The third kappa shape index (κ3) is 4.32. The highest BCUT2D eigenvalue weighted by Gasteiger charge is 2.05. The molecule has 0 aromatic heterocycles. The molecule has 0 amide bonds. The van der Waals surface area contributed by atoms with Crippen LogP contribution in [-0.2, 0) is 12.8 Å². The molecule has 0 N–H and O–H groups in total. The Bertz CT molecular complexity index is 900. The van der Waals surface area contributed by atoms with E-state index >= 15 is 0 Å². The Morgan fingerprint density at radius 3 is 1.54 bits per heavy atom. The van der Waals surface area contributed by atoms with E-state index in [0.29, 0.717) is 0 Å². The largest absolute Gasteiger partial charge is 0.0651 e. The molecule has 0 saturated heterocycles. The Balaban J connectivity index is 0.000000167. The second-order valence-electron chi connectivity index (χ2n) is 6.77. The Morgan fingerprint density at radius 2 is 1.00 bits per heavy atom. The van der Waals surface area contributed by atoms with E-state index in [9.17, 15) is 0 Å². The van der Waals surface area contributed by atoms with Gasteiger partial charge in [-0.2, -0.15) is 0 Å². The number of aryl methyl sites for hydroxylation is 2. The summed E-state index contributed by atoms with van der Waals surface area (Å²) in [5.74, 6) is 0. The van der Waals surface area contributed by atoms with Gasteiger partial charge in [0.05, 0.1) is 0 Å². The quantitative estimate of drug-likeness (QED) is 0.359. The standard InChI is InChI=1S/C16H20.C10H8/c1-3-7-13-11-12-14-9-5-6-10-16(14)15(13)8-4-2;1-2-6-10-8-4-3-7-9(10)5-1/h5-6,9-12H,3-4,7-8H2,1-2H3;1-8H. The van der Waals surface area contributed by atoms with E-state index in [2.05, 4.69) is 98.8 Å². The molecule has 0 heteroatoms. The summed E-state index contributed by atoms with van der Waals surface area (Å²) in [6.07, 6.45) is 4.87. The first kappa shape index (κ1) is 18.2. The lowest BCUT2D eigenvalue weighted by Crippen LogP contribution is -1.95. The van der Waals surface area contributed by atoms with Gasteiger partial charge in [-0.05, 0) is 45.5 Å². The van der Waals surface area contributed by atoms with Gasteiger partial charge in [-0.3, -0.25) is 0 Å². The van der Waals surface area contributed by atoms with Crippen LogP contribution >= 0.6 is 0 Å². The van der Waals surface area contributed by atoms with Gasteiger partial charge in [-0.15, -0.1) is 0 Å². The van der Waals surface area contributed by atoms with Gasteiger partial charge in [0.2, 0.25) is 0 Å². The summed E-state index contributed by atoms with van der Waals surface area (Å²) in [6, 6.07) is 30.0. The maximum Gasteiger partial charge on any atom is -0.0149 e. The van der Waals surface area contributed by atoms with E-state index in [1.165, 1.54) is 47.2 Å². The number of benzene rings is 4. The first-order chi connectivity index (χ1) is 12.8. The zero-order valence-electron chi connectivity index (χ0n) is 15.9. The van der Waals surface area contributed by atoms with Gasteiger partial charge in [-0.25, -0.2) is 0 Å². The number of hydrogen-bond donors (Lipinski definition) is 0. The third-order valence-electron chi connectivity index (χ3n) is 4.82. The molecule has 132 valence electrons. The fourth-order valence-electron chi connectivity index (χ4n) is 3.56. The molecule has 0 fully saturated rings. The summed E-state index contributed by atoms with van der Waals surface area (Å²) in [5.41, 5.74) is 3.12. The van der Waals surface area contributed by atoms with Crippen LogP contribution in [0.15, 0.2) is 84.9 Å². The average Bonchev–Trinajstić information content (AvgIpc) is 2.71. The van der Waals surface area contributed by atoms with Crippen molar-refractivity contribution in [3.63, 3.8) is 0 Å². The van der Waals surface area contributed by atoms with Crippen LogP contribution in [0.3, 0.4) is 0 Å². The van der Waals surface area contributed by atoms with E-state index in [-0.39, 0.29) is 0 Å². The number of hydrogen-bond acceptors (Lipinski definition) is 0. The monoisotopic (exact) mass is 340 g/mol. The van der Waals surface area contributed by atoms with E-state index in [4.69, 9.17) is 0 Å². The molecule has 0 heterocycles. The highest BCUT2D eigenvalue weighted by atomic mass is 14.1. The molecule has 0 bridgehead atoms. The average molecular weight is 341 g/mol. The number of fused-ring (bicyclic) bond motifs is 2. The van der Waals surface area contributed by atoms with Crippen molar-refractivity contribution >= 4 is 21.5 Å². The van der Waals surface area contributed by atoms with Crippen LogP contribution in [0.1, 0.15) is 37.8 Å². The Hall–Kier alpha value is -2.60.